The fourth-order valence-corrected chi connectivity index (χ4v) is 2.28. The molecule has 1 aliphatic heterocycles. The van der Waals surface area contributed by atoms with Crippen LogP contribution in [0, 0.1) is 12.8 Å². The minimum absolute atomic E-state index is 0.641. The number of nitrogens with one attached hydrogen (secondary N) is 1. The number of nitrogens with zero attached hydrogens (tertiary/aromatic N) is 1. The summed E-state index contributed by atoms with van der Waals surface area (Å²) in [7, 11) is 0. The normalized spacial score (nSPS) is 20.4. The zero-order chi connectivity index (χ0) is 11.9. The third kappa shape index (κ3) is 4.44. The fourth-order valence-electron chi connectivity index (χ4n) is 2.28. The number of pyridine rings is 1. The SMILES string of the molecule is Cc1cccc(COCCC2CCCNC2)n1. The summed E-state index contributed by atoms with van der Waals surface area (Å²) in [6.07, 6.45) is 3.82. The molecular weight excluding hydrogens is 212 g/mol. The largest absolute Gasteiger partial charge is 0.375 e. The van der Waals surface area contributed by atoms with Gasteiger partial charge in [0, 0.05) is 12.3 Å². The highest BCUT2D eigenvalue weighted by atomic mass is 16.5. The summed E-state index contributed by atoms with van der Waals surface area (Å²) in [6, 6.07) is 6.07. The van der Waals surface area contributed by atoms with Crippen LogP contribution in [0.3, 0.4) is 0 Å². The van der Waals surface area contributed by atoms with E-state index in [4.69, 9.17) is 4.74 Å². The minimum Gasteiger partial charge on any atom is -0.375 e. The average molecular weight is 234 g/mol. The highest BCUT2D eigenvalue weighted by molar-refractivity contribution is 5.08. The molecule has 0 amide bonds. The van der Waals surface area contributed by atoms with Gasteiger partial charge in [-0.3, -0.25) is 4.98 Å². The van der Waals surface area contributed by atoms with E-state index in [2.05, 4.69) is 10.3 Å². The van der Waals surface area contributed by atoms with E-state index in [0.29, 0.717) is 6.61 Å². The first kappa shape index (κ1) is 12.5. The van der Waals surface area contributed by atoms with Gasteiger partial charge in [0.15, 0.2) is 0 Å². The van der Waals surface area contributed by atoms with Crippen molar-refractivity contribution in [3.63, 3.8) is 0 Å². The Hall–Kier alpha value is -0.930. The van der Waals surface area contributed by atoms with Crippen molar-refractivity contribution in [2.45, 2.75) is 32.8 Å². The van der Waals surface area contributed by atoms with E-state index in [1.54, 1.807) is 0 Å². The maximum Gasteiger partial charge on any atom is 0.0887 e. The second kappa shape index (κ2) is 6.72. The van der Waals surface area contributed by atoms with E-state index in [-0.39, 0.29) is 0 Å². The Morgan fingerprint density at radius 1 is 1.47 bits per heavy atom. The van der Waals surface area contributed by atoms with Crippen molar-refractivity contribution >= 4 is 0 Å². The second-order valence-corrected chi connectivity index (χ2v) is 4.82. The molecule has 1 aromatic heterocycles. The minimum atomic E-state index is 0.641. The van der Waals surface area contributed by atoms with Crippen LogP contribution in [0.25, 0.3) is 0 Å². The Kier molecular flexibility index (Phi) is 4.95. The molecule has 1 fully saturated rings. The van der Waals surface area contributed by atoms with Crippen LogP contribution in [0.1, 0.15) is 30.7 Å². The smallest absolute Gasteiger partial charge is 0.0887 e. The van der Waals surface area contributed by atoms with Crippen molar-refractivity contribution in [1.29, 1.82) is 0 Å². The van der Waals surface area contributed by atoms with Gasteiger partial charge in [0.05, 0.1) is 12.3 Å². The fraction of sp³-hybridized carbons (Fsp3) is 0.643. The number of aryl methyl sites for hydroxylation is 1. The van der Waals surface area contributed by atoms with Gasteiger partial charge in [0.1, 0.15) is 0 Å². The Bertz CT molecular complexity index is 335. The quantitative estimate of drug-likeness (QED) is 0.794. The molecule has 0 aromatic carbocycles. The van der Waals surface area contributed by atoms with E-state index in [0.717, 1.165) is 30.5 Å². The van der Waals surface area contributed by atoms with Crippen LogP contribution in [-0.4, -0.2) is 24.7 Å². The van der Waals surface area contributed by atoms with E-state index < -0.39 is 0 Å². The highest BCUT2D eigenvalue weighted by Crippen LogP contribution is 2.14. The molecule has 1 aromatic rings. The van der Waals surface area contributed by atoms with E-state index in [1.165, 1.54) is 25.8 Å². The summed E-state index contributed by atoms with van der Waals surface area (Å²) < 4.78 is 5.69. The average Bonchev–Trinajstić information content (AvgIpc) is 2.36. The van der Waals surface area contributed by atoms with Gasteiger partial charge in [-0.1, -0.05) is 6.07 Å². The maximum atomic E-state index is 5.69. The lowest BCUT2D eigenvalue weighted by atomic mass is 9.97. The molecule has 1 saturated heterocycles. The molecule has 2 rings (SSSR count). The molecule has 2 heterocycles. The van der Waals surface area contributed by atoms with Crippen molar-refractivity contribution in [3.05, 3.63) is 29.6 Å². The highest BCUT2D eigenvalue weighted by Gasteiger charge is 2.12. The molecule has 0 bridgehead atoms. The molecule has 1 N–H and O–H groups in total. The van der Waals surface area contributed by atoms with Gasteiger partial charge in [-0.15, -0.1) is 0 Å². The Balaban J connectivity index is 1.62. The molecule has 94 valence electrons. The summed E-state index contributed by atoms with van der Waals surface area (Å²) in [5.74, 6) is 0.800. The molecular formula is C14H22N2O. The summed E-state index contributed by atoms with van der Waals surface area (Å²) >= 11 is 0. The van der Waals surface area contributed by atoms with E-state index in [9.17, 15) is 0 Å². The van der Waals surface area contributed by atoms with Gasteiger partial charge in [0.25, 0.3) is 0 Å². The predicted molar refractivity (Wildman–Crippen MR) is 68.8 cm³/mol. The Morgan fingerprint density at radius 2 is 2.41 bits per heavy atom. The van der Waals surface area contributed by atoms with Crippen molar-refractivity contribution in [2.24, 2.45) is 5.92 Å². The molecule has 1 atom stereocenters. The van der Waals surface area contributed by atoms with Crippen LogP contribution >= 0.6 is 0 Å². The Morgan fingerprint density at radius 3 is 3.18 bits per heavy atom. The molecule has 0 spiro atoms. The standard InChI is InChI=1S/C14H22N2O/c1-12-4-2-6-14(16-12)11-17-9-7-13-5-3-8-15-10-13/h2,4,6,13,15H,3,5,7-11H2,1H3. The molecule has 17 heavy (non-hydrogen) atoms. The van der Waals surface area contributed by atoms with Crippen molar-refractivity contribution in [1.82, 2.24) is 10.3 Å². The van der Waals surface area contributed by atoms with Gasteiger partial charge in [-0.2, -0.15) is 0 Å². The molecule has 0 radical (unpaired) electrons. The zero-order valence-corrected chi connectivity index (χ0v) is 10.6. The molecule has 3 heteroatoms. The van der Waals surface area contributed by atoms with Gasteiger partial charge < -0.3 is 10.1 Å². The van der Waals surface area contributed by atoms with Crippen molar-refractivity contribution in [2.75, 3.05) is 19.7 Å². The molecule has 3 nitrogen and oxygen atoms in total. The number of aromatic nitrogens is 1. The van der Waals surface area contributed by atoms with Crippen LogP contribution in [0.2, 0.25) is 0 Å². The maximum absolute atomic E-state index is 5.69. The molecule has 0 saturated carbocycles. The first-order valence-corrected chi connectivity index (χ1v) is 6.55. The van der Waals surface area contributed by atoms with Crippen LogP contribution in [0.5, 0.6) is 0 Å². The zero-order valence-electron chi connectivity index (χ0n) is 10.6. The predicted octanol–water partition coefficient (Wildman–Crippen LogP) is 2.30. The first-order chi connectivity index (χ1) is 8.34. The van der Waals surface area contributed by atoms with Crippen LogP contribution in [0.15, 0.2) is 18.2 Å². The molecule has 1 aliphatic rings. The van der Waals surface area contributed by atoms with Gasteiger partial charge in [-0.05, 0) is 57.3 Å². The number of hydrogen-bond donors (Lipinski definition) is 1. The molecule has 1 unspecified atom stereocenters. The monoisotopic (exact) mass is 234 g/mol. The third-order valence-electron chi connectivity index (χ3n) is 3.27. The van der Waals surface area contributed by atoms with E-state index >= 15 is 0 Å². The summed E-state index contributed by atoms with van der Waals surface area (Å²) in [6.45, 7) is 5.84. The third-order valence-corrected chi connectivity index (χ3v) is 3.27. The summed E-state index contributed by atoms with van der Waals surface area (Å²) in [4.78, 5) is 4.42. The van der Waals surface area contributed by atoms with Gasteiger partial charge in [0.2, 0.25) is 0 Å². The number of hydrogen-bond acceptors (Lipinski definition) is 3. The number of rotatable bonds is 5. The van der Waals surface area contributed by atoms with Crippen LogP contribution in [-0.2, 0) is 11.3 Å². The lowest BCUT2D eigenvalue weighted by Gasteiger charge is -2.22. The van der Waals surface area contributed by atoms with Crippen molar-refractivity contribution in [3.8, 4) is 0 Å². The summed E-state index contributed by atoms with van der Waals surface area (Å²) in [5.41, 5.74) is 2.09. The number of piperidine rings is 1. The topological polar surface area (TPSA) is 34.1 Å². The van der Waals surface area contributed by atoms with Gasteiger partial charge in [-0.25, -0.2) is 0 Å². The molecule has 0 aliphatic carbocycles. The van der Waals surface area contributed by atoms with Crippen LogP contribution in [0.4, 0.5) is 0 Å². The second-order valence-electron chi connectivity index (χ2n) is 4.82. The number of ether oxygens (including phenoxy) is 1. The Labute approximate surface area is 104 Å². The van der Waals surface area contributed by atoms with E-state index in [1.807, 2.05) is 25.1 Å². The lowest BCUT2D eigenvalue weighted by Crippen LogP contribution is -2.30. The van der Waals surface area contributed by atoms with Crippen molar-refractivity contribution < 1.29 is 4.74 Å². The lowest BCUT2D eigenvalue weighted by molar-refractivity contribution is 0.101. The van der Waals surface area contributed by atoms with Gasteiger partial charge >= 0.3 is 0 Å². The first-order valence-electron chi connectivity index (χ1n) is 6.55. The van der Waals surface area contributed by atoms with Crippen LogP contribution < -0.4 is 5.32 Å². The summed E-state index contributed by atoms with van der Waals surface area (Å²) in [5, 5.41) is 3.43.